The highest BCUT2D eigenvalue weighted by Crippen LogP contribution is 2.22. The molecule has 0 N–H and O–H groups in total. The highest BCUT2D eigenvalue weighted by molar-refractivity contribution is 7.98. The van der Waals surface area contributed by atoms with Gasteiger partial charge in [-0.25, -0.2) is 4.98 Å². The van der Waals surface area contributed by atoms with Gasteiger partial charge in [-0.3, -0.25) is 4.98 Å². The van der Waals surface area contributed by atoms with E-state index >= 15 is 0 Å². The van der Waals surface area contributed by atoms with E-state index < -0.39 is 0 Å². The molecular formula is C17H22N4S. The van der Waals surface area contributed by atoms with Crippen molar-refractivity contribution in [1.29, 1.82) is 0 Å². The number of nitrogens with zero attached hydrogens (tertiary/aromatic N) is 4. The van der Waals surface area contributed by atoms with Crippen molar-refractivity contribution >= 4 is 17.6 Å². The average Bonchev–Trinajstić information content (AvgIpc) is 2.61. The van der Waals surface area contributed by atoms with Crippen LogP contribution in [0.5, 0.6) is 0 Å². The minimum absolute atomic E-state index is 0.933. The zero-order chi connectivity index (χ0) is 15.2. The van der Waals surface area contributed by atoms with Crippen molar-refractivity contribution < 1.29 is 0 Å². The Labute approximate surface area is 136 Å². The van der Waals surface area contributed by atoms with Crippen molar-refractivity contribution in [2.24, 2.45) is 0 Å². The number of aromatic nitrogens is 2. The fourth-order valence-electron chi connectivity index (χ4n) is 2.58. The van der Waals surface area contributed by atoms with Crippen molar-refractivity contribution in [3.63, 3.8) is 0 Å². The van der Waals surface area contributed by atoms with Gasteiger partial charge in [0.1, 0.15) is 10.8 Å². The lowest BCUT2D eigenvalue weighted by molar-refractivity contribution is 0.270. The van der Waals surface area contributed by atoms with Crippen LogP contribution in [0.3, 0.4) is 0 Å². The average molecular weight is 314 g/mol. The molecule has 1 aliphatic heterocycles. The molecule has 116 valence electrons. The monoisotopic (exact) mass is 314 g/mol. The quantitative estimate of drug-likeness (QED) is 0.792. The molecule has 0 unspecified atom stereocenters. The molecule has 0 spiro atoms. The minimum Gasteiger partial charge on any atom is -0.353 e. The zero-order valence-electron chi connectivity index (χ0n) is 13.0. The molecule has 0 radical (unpaired) electrons. The maximum Gasteiger partial charge on any atom is 0.148 e. The minimum atomic E-state index is 0.933. The third-order valence-corrected chi connectivity index (χ3v) is 4.94. The third-order valence-electron chi connectivity index (χ3n) is 3.97. The lowest BCUT2D eigenvalue weighted by atomic mass is 10.2. The van der Waals surface area contributed by atoms with Gasteiger partial charge >= 0.3 is 0 Å². The molecule has 0 atom stereocenters. The maximum atomic E-state index is 4.77. The molecule has 2 aromatic rings. The summed E-state index contributed by atoms with van der Waals surface area (Å²) in [7, 11) is 0. The lowest BCUT2D eigenvalue weighted by Gasteiger charge is -2.34. The van der Waals surface area contributed by atoms with Crippen molar-refractivity contribution in [3.05, 3.63) is 48.3 Å². The van der Waals surface area contributed by atoms with E-state index in [-0.39, 0.29) is 0 Å². The van der Waals surface area contributed by atoms with Crippen LogP contribution in [0.25, 0.3) is 0 Å². The van der Waals surface area contributed by atoms with E-state index in [0.29, 0.717) is 0 Å². The third kappa shape index (κ3) is 3.99. The van der Waals surface area contributed by atoms with Crippen LogP contribution < -0.4 is 4.90 Å². The molecule has 1 fully saturated rings. The molecule has 1 saturated heterocycles. The molecule has 0 aliphatic carbocycles. The summed E-state index contributed by atoms with van der Waals surface area (Å²) in [6.45, 7) is 7.65. The van der Waals surface area contributed by atoms with Gasteiger partial charge in [0.25, 0.3) is 0 Å². The van der Waals surface area contributed by atoms with E-state index in [0.717, 1.165) is 49.3 Å². The number of likely N-dealkylation sites (N-methyl/N-ethyl adjacent to an activating group) is 1. The Bertz CT molecular complexity index is 582. The van der Waals surface area contributed by atoms with Crippen LogP contribution in [0, 0.1) is 0 Å². The topological polar surface area (TPSA) is 32.3 Å². The van der Waals surface area contributed by atoms with Gasteiger partial charge in [0.2, 0.25) is 0 Å². The number of piperazine rings is 1. The smallest absolute Gasteiger partial charge is 0.148 e. The molecule has 1 aromatic carbocycles. The van der Waals surface area contributed by atoms with E-state index in [2.05, 4.69) is 46.0 Å². The molecule has 1 aliphatic rings. The summed E-state index contributed by atoms with van der Waals surface area (Å²) in [5, 5.41) is 0.999. The fourth-order valence-corrected chi connectivity index (χ4v) is 3.39. The van der Waals surface area contributed by atoms with Gasteiger partial charge in [-0.2, -0.15) is 0 Å². The van der Waals surface area contributed by atoms with Gasteiger partial charge in [0.15, 0.2) is 0 Å². The molecular weight excluding hydrogens is 292 g/mol. The first-order valence-electron chi connectivity index (χ1n) is 7.81. The Morgan fingerprint density at radius 2 is 1.82 bits per heavy atom. The Hall–Kier alpha value is -1.59. The molecule has 5 heteroatoms. The van der Waals surface area contributed by atoms with Crippen LogP contribution in [0.15, 0.2) is 47.8 Å². The summed E-state index contributed by atoms with van der Waals surface area (Å²) in [5.41, 5.74) is 1.32. The van der Waals surface area contributed by atoms with Crippen LogP contribution in [0.4, 0.5) is 5.82 Å². The predicted molar refractivity (Wildman–Crippen MR) is 92.4 cm³/mol. The standard InChI is InChI=1S/C17H22N4S/c1-2-20-8-10-21(11-9-20)16-12-18-13-17(19-16)22-14-15-6-4-3-5-7-15/h3-7,12-13H,2,8-11,14H2,1H3. The Morgan fingerprint density at radius 3 is 2.55 bits per heavy atom. The van der Waals surface area contributed by atoms with Crippen molar-refractivity contribution in [2.45, 2.75) is 17.7 Å². The predicted octanol–water partition coefficient (Wildman–Crippen LogP) is 2.91. The van der Waals surface area contributed by atoms with Crippen LogP contribution in [-0.4, -0.2) is 47.6 Å². The second kappa shape index (κ2) is 7.61. The first-order chi connectivity index (χ1) is 10.8. The first kappa shape index (κ1) is 15.3. The largest absolute Gasteiger partial charge is 0.353 e. The molecule has 1 aromatic heterocycles. The van der Waals surface area contributed by atoms with Crippen LogP contribution in [0.1, 0.15) is 12.5 Å². The Balaban J connectivity index is 1.60. The normalized spacial score (nSPS) is 16.0. The van der Waals surface area contributed by atoms with E-state index in [1.165, 1.54) is 5.56 Å². The number of anilines is 1. The summed E-state index contributed by atoms with van der Waals surface area (Å²) in [5.74, 6) is 1.94. The number of thioether (sulfide) groups is 1. The van der Waals surface area contributed by atoms with Crippen molar-refractivity contribution in [1.82, 2.24) is 14.9 Å². The molecule has 3 rings (SSSR count). The number of hydrogen-bond donors (Lipinski definition) is 0. The highest BCUT2D eigenvalue weighted by Gasteiger charge is 2.17. The van der Waals surface area contributed by atoms with Gasteiger partial charge in [-0.1, -0.05) is 37.3 Å². The van der Waals surface area contributed by atoms with E-state index in [4.69, 9.17) is 4.98 Å². The second-order valence-electron chi connectivity index (χ2n) is 5.41. The molecule has 4 nitrogen and oxygen atoms in total. The number of benzene rings is 1. The van der Waals surface area contributed by atoms with Gasteiger partial charge in [-0.15, -0.1) is 11.8 Å². The van der Waals surface area contributed by atoms with Crippen molar-refractivity contribution in [2.75, 3.05) is 37.6 Å². The lowest BCUT2D eigenvalue weighted by Crippen LogP contribution is -2.46. The van der Waals surface area contributed by atoms with E-state index in [1.54, 1.807) is 11.8 Å². The SMILES string of the molecule is CCN1CCN(c2cncc(SCc3ccccc3)n2)CC1. The van der Waals surface area contributed by atoms with Gasteiger partial charge in [0.05, 0.1) is 12.4 Å². The zero-order valence-corrected chi connectivity index (χ0v) is 13.8. The summed E-state index contributed by atoms with van der Waals surface area (Å²) < 4.78 is 0. The summed E-state index contributed by atoms with van der Waals surface area (Å²) in [6, 6.07) is 10.5. The van der Waals surface area contributed by atoms with Crippen LogP contribution >= 0.6 is 11.8 Å². The van der Waals surface area contributed by atoms with Crippen molar-refractivity contribution in [3.8, 4) is 0 Å². The first-order valence-corrected chi connectivity index (χ1v) is 8.80. The van der Waals surface area contributed by atoms with Gasteiger partial charge in [0, 0.05) is 31.9 Å². The van der Waals surface area contributed by atoms with Gasteiger partial charge in [-0.05, 0) is 12.1 Å². The molecule has 0 bridgehead atoms. The Kier molecular flexibility index (Phi) is 5.29. The highest BCUT2D eigenvalue weighted by atomic mass is 32.2. The van der Waals surface area contributed by atoms with Crippen LogP contribution in [0.2, 0.25) is 0 Å². The number of rotatable bonds is 5. The molecule has 2 heterocycles. The maximum absolute atomic E-state index is 4.77. The summed E-state index contributed by atoms with van der Waals surface area (Å²) in [4.78, 5) is 14.0. The summed E-state index contributed by atoms with van der Waals surface area (Å²) >= 11 is 1.75. The molecule has 0 amide bonds. The fraction of sp³-hybridized carbons (Fsp3) is 0.412. The molecule has 0 saturated carbocycles. The second-order valence-corrected chi connectivity index (χ2v) is 6.41. The van der Waals surface area contributed by atoms with Crippen LogP contribution in [-0.2, 0) is 5.75 Å². The van der Waals surface area contributed by atoms with E-state index in [9.17, 15) is 0 Å². The number of hydrogen-bond acceptors (Lipinski definition) is 5. The van der Waals surface area contributed by atoms with E-state index in [1.807, 2.05) is 18.5 Å². The Morgan fingerprint density at radius 1 is 1.05 bits per heavy atom. The molecule has 22 heavy (non-hydrogen) atoms. The van der Waals surface area contributed by atoms with Gasteiger partial charge < -0.3 is 9.80 Å². The summed E-state index contributed by atoms with van der Waals surface area (Å²) in [6.07, 6.45) is 3.74.